The van der Waals surface area contributed by atoms with E-state index in [4.69, 9.17) is 10.00 Å². The Balaban J connectivity index is 2.31. The van der Waals surface area contributed by atoms with Crippen LogP contribution in [0.4, 0.5) is 0 Å². The van der Waals surface area contributed by atoms with Gasteiger partial charge < -0.3 is 9.84 Å². The van der Waals surface area contributed by atoms with Gasteiger partial charge in [-0.25, -0.2) is 0 Å². The van der Waals surface area contributed by atoms with Gasteiger partial charge in [0.15, 0.2) is 0 Å². The average Bonchev–Trinajstić information content (AvgIpc) is 2.63. The van der Waals surface area contributed by atoms with Gasteiger partial charge in [-0.2, -0.15) is 5.26 Å². The summed E-state index contributed by atoms with van der Waals surface area (Å²) < 4.78 is 5.91. The highest BCUT2D eigenvalue weighted by Crippen LogP contribution is 2.40. The van der Waals surface area contributed by atoms with Crippen molar-refractivity contribution in [2.24, 2.45) is 0 Å². The van der Waals surface area contributed by atoms with Crippen LogP contribution in [0, 0.1) is 11.3 Å². The number of para-hydroxylation sites is 1. The van der Waals surface area contributed by atoms with Gasteiger partial charge in [0, 0.05) is 22.8 Å². The molecule has 0 aliphatic carbocycles. The summed E-state index contributed by atoms with van der Waals surface area (Å²) in [6, 6.07) is 17.4. The van der Waals surface area contributed by atoms with Gasteiger partial charge in [0.2, 0.25) is 0 Å². The quantitative estimate of drug-likeness (QED) is 0.804. The molecule has 1 N–H and O–H groups in total. The summed E-state index contributed by atoms with van der Waals surface area (Å²) >= 11 is 0. The summed E-state index contributed by atoms with van der Waals surface area (Å²) in [7, 11) is 0. The third-order valence-corrected chi connectivity index (χ3v) is 3.42. The molecule has 0 radical (unpaired) electrons. The Morgan fingerprint density at radius 1 is 1.10 bits per heavy atom. The number of nitrogens with zero attached hydrogens (tertiary/aromatic N) is 1. The molecule has 0 spiro atoms. The first-order valence-corrected chi connectivity index (χ1v) is 6.41. The van der Waals surface area contributed by atoms with Crippen molar-refractivity contribution in [3.63, 3.8) is 0 Å². The second-order valence-corrected chi connectivity index (χ2v) is 4.56. The predicted molar refractivity (Wildman–Crippen MR) is 76.0 cm³/mol. The molecule has 1 atom stereocenters. The second kappa shape index (κ2) is 5.20. The molecule has 0 aromatic heterocycles. The fourth-order valence-corrected chi connectivity index (χ4v) is 2.53. The van der Waals surface area contributed by atoms with E-state index in [1.165, 1.54) is 6.08 Å². The SMILES string of the molecule is N#C/C=C1/c2ccccc2OC(CO)c2ccccc21. The number of fused-ring (bicyclic) bond motifs is 2. The first kappa shape index (κ1) is 12.5. The van der Waals surface area contributed by atoms with Crippen LogP contribution in [-0.2, 0) is 0 Å². The Labute approximate surface area is 117 Å². The largest absolute Gasteiger partial charge is 0.483 e. The summed E-state index contributed by atoms with van der Waals surface area (Å²) in [5.41, 5.74) is 3.53. The molecule has 0 saturated heterocycles. The molecule has 0 fully saturated rings. The molecule has 0 amide bonds. The third-order valence-electron chi connectivity index (χ3n) is 3.42. The molecule has 20 heavy (non-hydrogen) atoms. The number of benzene rings is 2. The first-order chi connectivity index (χ1) is 9.85. The van der Waals surface area contributed by atoms with Crippen molar-refractivity contribution in [3.05, 3.63) is 71.3 Å². The monoisotopic (exact) mass is 263 g/mol. The molecule has 3 rings (SSSR count). The van der Waals surface area contributed by atoms with E-state index in [0.29, 0.717) is 5.75 Å². The van der Waals surface area contributed by atoms with Gasteiger partial charge in [-0.3, -0.25) is 0 Å². The van der Waals surface area contributed by atoms with E-state index in [9.17, 15) is 5.11 Å². The summed E-state index contributed by atoms with van der Waals surface area (Å²) in [6.45, 7) is -0.106. The maximum absolute atomic E-state index is 9.60. The molecule has 1 unspecified atom stereocenters. The van der Waals surface area contributed by atoms with Gasteiger partial charge >= 0.3 is 0 Å². The standard InChI is InChI=1S/C17H13NO2/c18-10-9-13-12-5-1-2-7-15(12)17(11-19)20-16-8-4-3-6-14(13)16/h1-9,17,19H,11H2/b13-9+. The van der Waals surface area contributed by atoms with Crippen molar-refractivity contribution < 1.29 is 9.84 Å². The van der Waals surface area contributed by atoms with Crippen molar-refractivity contribution >= 4 is 5.57 Å². The Morgan fingerprint density at radius 2 is 1.80 bits per heavy atom. The zero-order valence-electron chi connectivity index (χ0n) is 10.8. The van der Waals surface area contributed by atoms with E-state index < -0.39 is 6.10 Å². The number of aliphatic hydroxyl groups excluding tert-OH is 1. The molecule has 2 aromatic carbocycles. The van der Waals surface area contributed by atoms with E-state index in [2.05, 4.69) is 6.07 Å². The van der Waals surface area contributed by atoms with Crippen LogP contribution in [0.2, 0.25) is 0 Å². The Morgan fingerprint density at radius 3 is 2.55 bits per heavy atom. The maximum atomic E-state index is 9.60. The van der Waals surface area contributed by atoms with Crippen molar-refractivity contribution in [1.82, 2.24) is 0 Å². The summed E-state index contributed by atoms with van der Waals surface area (Å²) in [5, 5.41) is 18.7. The van der Waals surface area contributed by atoms with E-state index >= 15 is 0 Å². The maximum Gasteiger partial charge on any atom is 0.147 e. The molecule has 1 heterocycles. The lowest BCUT2D eigenvalue weighted by Crippen LogP contribution is -2.12. The molecule has 98 valence electrons. The van der Waals surface area contributed by atoms with Crippen LogP contribution in [0.5, 0.6) is 5.75 Å². The van der Waals surface area contributed by atoms with Gasteiger partial charge in [-0.05, 0) is 11.6 Å². The molecule has 3 nitrogen and oxygen atoms in total. The normalized spacial score (nSPS) is 18.4. The summed E-state index contributed by atoms with van der Waals surface area (Å²) in [5.74, 6) is 0.684. The van der Waals surface area contributed by atoms with Crippen LogP contribution in [-0.4, -0.2) is 11.7 Å². The van der Waals surface area contributed by atoms with Crippen LogP contribution in [0.15, 0.2) is 54.6 Å². The molecule has 2 aromatic rings. The fourth-order valence-electron chi connectivity index (χ4n) is 2.53. The molecule has 1 aliphatic heterocycles. The lowest BCUT2D eigenvalue weighted by Gasteiger charge is -2.16. The van der Waals surface area contributed by atoms with Crippen LogP contribution >= 0.6 is 0 Å². The van der Waals surface area contributed by atoms with E-state index in [0.717, 1.165) is 22.3 Å². The van der Waals surface area contributed by atoms with Gasteiger partial charge in [0.1, 0.15) is 11.9 Å². The second-order valence-electron chi connectivity index (χ2n) is 4.56. The van der Waals surface area contributed by atoms with Crippen molar-refractivity contribution in [2.45, 2.75) is 6.10 Å². The topological polar surface area (TPSA) is 53.2 Å². The molecule has 0 saturated carbocycles. The van der Waals surface area contributed by atoms with Crippen molar-refractivity contribution in [2.75, 3.05) is 6.61 Å². The lowest BCUT2D eigenvalue weighted by atomic mass is 9.92. The van der Waals surface area contributed by atoms with E-state index in [-0.39, 0.29) is 6.61 Å². The number of allylic oxidation sites excluding steroid dienone is 1. The van der Waals surface area contributed by atoms with Gasteiger partial charge in [0.25, 0.3) is 0 Å². The van der Waals surface area contributed by atoms with Crippen LogP contribution in [0.3, 0.4) is 0 Å². The number of aliphatic hydroxyl groups is 1. The number of ether oxygens (including phenoxy) is 1. The minimum absolute atomic E-state index is 0.106. The Hall–Kier alpha value is -2.57. The summed E-state index contributed by atoms with van der Waals surface area (Å²) in [6.07, 6.45) is 1.11. The minimum Gasteiger partial charge on any atom is -0.483 e. The average molecular weight is 263 g/mol. The molecular weight excluding hydrogens is 250 g/mol. The van der Waals surface area contributed by atoms with E-state index in [1.54, 1.807) is 0 Å². The zero-order valence-corrected chi connectivity index (χ0v) is 10.8. The van der Waals surface area contributed by atoms with Crippen LogP contribution < -0.4 is 4.74 Å². The molecular formula is C17H13NO2. The van der Waals surface area contributed by atoms with Crippen LogP contribution in [0.25, 0.3) is 5.57 Å². The third kappa shape index (κ3) is 1.97. The van der Waals surface area contributed by atoms with E-state index in [1.807, 2.05) is 48.5 Å². The molecule has 3 heteroatoms. The van der Waals surface area contributed by atoms with Gasteiger partial charge in [-0.15, -0.1) is 0 Å². The molecule has 0 bridgehead atoms. The summed E-state index contributed by atoms with van der Waals surface area (Å²) in [4.78, 5) is 0. The zero-order chi connectivity index (χ0) is 13.9. The predicted octanol–water partition coefficient (Wildman–Crippen LogP) is 3.07. The van der Waals surface area contributed by atoms with Crippen LogP contribution in [0.1, 0.15) is 22.8 Å². The number of hydrogen-bond acceptors (Lipinski definition) is 3. The Kier molecular flexibility index (Phi) is 3.24. The highest BCUT2D eigenvalue weighted by Gasteiger charge is 2.25. The number of nitriles is 1. The minimum atomic E-state index is -0.419. The van der Waals surface area contributed by atoms with Crippen molar-refractivity contribution in [3.8, 4) is 11.8 Å². The fraction of sp³-hybridized carbons (Fsp3) is 0.118. The smallest absolute Gasteiger partial charge is 0.147 e. The van der Waals surface area contributed by atoms with Gasteiger partial charge in [-0.1, -0.05) is 42.5 Å². The molecule has 1 aliphatic rings. The number of hydrogen-bond donors (Lipinski definition) is 1. The highest BCUT2D eigenvalue weighted by molar-refractivity contribution is 5.86. The Bertz CT molecular complexity index is 713. The van der Waals surface area contributed by atoms with Crippen molar-refractivity contribution in [1.29, 1.82) is 5.26 Å². The lowest BCUT2D eigenvalue weighted by molar-refractivity contribution is 0.117. The first-order valence-electron chi connectivity index (χ1n) is 6.41. The van der Waals surface area contributed by atoms with Gasteiger partial charge in [0.05, 0.1) is 12.7 Å². The highest BCUT2D eigenvalue weighted by atomic mass is 16.5. The number of rotatable bonds is 1.